The van der Waals surface area contributed by atoms with Crippen molar-refractivity contribution in [3.8, 4) is 0 Å². The van der Waals surface area contributed by atoms with E-state index in [1.54, 1.807) is 17.0 Å². The van der Waals surface area contributed by atoms with E-state index in [2.05, 4.69) is 0 Å². The van der Waals surface area contributed by atoms with Gasteiger partial charge in [0.05, 0.1) is 6.26 Å². The predicted octanol–water partition coefficient (Wildman–Crippen LogP) is 1.40. The monoisotopic (exact) mass is 238 g/mol. The quantitative estimate of drug-likeness (QED) is 0.813. The van der Waals surface area contributed by atoms with Gasteiger partial charge in [0, 0.05) is 19.0 Å². The average molecular weight is 238 g/mol. The number of furan rings is 1. The van der Waals surface area contributed by atoms with Crippen LogP contribution in [0, 0.1) is 0 Å². The minimum atomic E-state index is -0.348. The highest BCUT2D eigenvalue weighted by atomic mass is 16.3. The molecule has 0 unspecified atom stereocenters. The van der Waals surface area contributed by atoms with Crippen molar-refractivity contribution in [1.29, 1.82) is 0 Å². The maximum absolute atomic E-state index is 12.0. The Hall–Kier alpha value is -1.78. The van der Waals surface area contributed by atoms with E-state index >= 15 is 0 Å². The maximum Gasteiger partial charge on any atom is 0.289 e. The van der Waals surface area contributed by atoms with Crippen molar-refractivity contribution >= 4 is 11.8 Å². The Labute approximate surface area is 101 Å². The molecule has 1 aromatic heterocycles. The van der Waals surface area contributed by atoms with Gasteiger partial charge in [-0.15, -0.1) is 0 Å². The zero-order chi connectivity index (χ0) is 12.8. The maximum atomic E-state index is 12.0. The lowest BCUT2D eigenvalue weighted by Gasteiger charge is -2.25. The van der Waals surface area contributed by atoms with Crippen LogP contribution in [0.1, 0.15) is 37.2 Å². The molecule has 1 heterocycles. The number of carbonyl (C=O) groups excluding carboxylic acids is 2. The fraction of sp³-hybridized carbons (Fsp3) is 0.500. The molecular formula is C12H18N2O3. The highest BCUT2D eigenvalue weighted by Crippen LogP contribution is 2.10. The molecule has 0 aliphatic carbocycles. The Balaban J connectivity index is 2.60. The molecule has 17 heavy (non-hydrogen) atoms. The second-order valence-corrected chi connectivity index (χ2v) is 4.14. The molecule has 1 aromatic rings. The number of rotatable bonds is 6. The molecule has 5 nitrogen and oxygen atoms in total. The van der Waals surface area contributed by atoms with Gasteiger partial charge in [0.1, 0.15) is 0 Å². The summed E-state index contributed by atoms with van der Waals surface area (Å²) in [4.78, 5) is 24.4. The van der Waals surface area contributed by atoms with Crippen LogP contribution in [0.5, 0.6) is 0 Å². The Morgan fingerprint density at radius 2 is 2.18 bits per heavy atom. The standard InChI is InChI=1S/C12H18N2O3/c1-9(2)14(7-3-6-11(13)15)12(16)10-5-4-8-17-10/h4-5,8-9H,3,6-7H2,1-2H3,(H2,13,15). The van der Waals surface area contributed by atoms with Crippen LogP contribution in [0.4, 0.5) is 0 Å². The third kappa shape index (κ3) is 3.94. The first kappa shape index (κ1) is 13.3. The van der Waals surface area contributed by atoms with Crippen molar-refractivity contribution in [1.82, 2.24) is 4.90 Å². The van der Waals surface area contributed by atoms with Gasteiger partial charge >= 0.3 is 0 Å². The Morgan fingerprint density at radius 3 is 2.65 bits per heavy atom. The SMILES string of the molecule is CC(C)N(CCCC(N)=O)C(=O)c1ccco1. The summed E-state index contributed by atoms with van der Waals surface area (Å²) in [6.45, 7) is 4.34. The van der Waals surface area contributed by atoms with Crippen molar-refractivity contribution in [3.05, 3.63) is 24.2 Å². The van der Waals surface area contributed by atoms with Crippen LogP contribution in [0.15, 0.2) is 22.8 Å². The molecule has 94 valence electrons. The van der Waals surface area contributed by atoms with Gasteiger partial charge in [0.2, 0.25) is 5.91 Å². The van der Waals surface area contributed by atoms with Gasteiger partial charge < -0.3 is 15.1 Å². The topological polar surface area (TPSA) is 76.5 Å². The lowest BCUT2D eigenvalue weighted by atomic mass is 10.2. The molecule has 0 bridgehead atoms. The van der Waals surface area contributed by atoms with Gasteiger partial charge in [-0.1, -0.05) is 0 Å². The van der Waals surface area contributed by atoms with Crippen LogP contribution < -0.4 is 5.73 Å². The smallest absolute Gasteiger partial charge is 0.289 e. The van der Waals surface area contributed by atoms with E-state index in [-0.39, 0.29) is 24.3 Å². The predicted molar refractivity (Wildman–Crippen MR) is 63.3 cm³/mol. The van der Waals surface area contributed by atoms with Gasteiger partial charge in [-0.2, -0.15) is 0 Å². The van der Waals surface area contributed by atoms with Gasteiger partial charge in [0.15, 0.2) is 5.76 Å². The third-order valence-electron chi connectivity index (χ3n) is 2.44. The molecule has 2 amide bonds. The molecule has 2 N–H and O–H groups in total. The molecule has 5 heteroatoms. The molecule has 0 aliphatic heterocycles. The molecule has 0 aliphatic rings. The van der Waals surface area contributed by atoms with Crippen molar-refractivity contribution in [2.24, 2.45) is 5.73 Å². The summed E-state index contributed by atoms with van der Waals surface area (Å²) in [5, 5.41) is 0. The number of nitrogens with two attached hydrogens (primary N) is 1. The second kappa shape index (κ2) is 6.08. The Bertz CT molecular complexity index is 371. The molecule has 1 rings (SSSR count). The second-order valence-electron chi connectivity index (χ2n) is 4.14. The molecular weight excluding hydrogens is 220 g/mol. The zero-order valence-electron chi connectivity index (χ0n) is 10.2. The van der Waals surface area contributed by atoms with Crippen LogP contribution >= 0.6 is 0 Å². The highest BCUT2D eigenvalue weighted by Gasteiger charge is 2.20. The van der Waals surface area contributed by atoms with E-state index in [0.717, 1.165) is 0 Å². The number of hydrogen-bond acceptors (Lipinski definition) is 3. The van der Waals surface area contributed by atoms with Crippen molar-refractivity contribution in [2.75, 3.05) is 6.54 Å². The summed E-state index contributed by atoms with van der Waals surface area (Å²) in [7, 11) is 0. The van der Waals surface area contributed by atoms with E-state index in [1.807, 2.05) is 13.8 Å². The van der Waals surface area contributed by atoms with Gasteiger partial charge in [-0.25, -0.2) is 0 Å². The van der Waals surface area contributed by atoms with Crippen LogP contribution in [0.25, 0.3) is 0 Å². The first-order valence-corrected chi connectivity index (χ1v) is 5.65. The normalized spacial score (nSPS) is 10.5. The molecule has 0 fully saturated rings. The summed E-state index contributed by atoms with van der Waals surface area (Å²) in [5.74, 6) is -0.189. The van der Waals surface area contributed by atoms with Crippen LogP contribution in [-0.4, -0.2) is 29.3 Å². The minimum absolute atomic E-state index is 0.0560. The fourth-order valence-corrected chi connectivity index (χ4v) is 1.56. The number of hydrogen-bond donors (Lipinski definition) is 1. The summed E-state index contributed by atoms with van der Waals surface area (Å²) in [6.07, 6.45) is 2.32. The van der Waals surface area contributed by atoms with E-state index < -0.39 is 0 Å². The van der Waals surface area contributed by atoms with E-state index in [9.17, 15) is 9.59 Å². The first-order valence-electron chi connectivity index (χ1n) is 5.65. The van der Waals surface area contributed by atoms with Crippen LogP contribution in [0.3, 0.4) is 0 Å². The van der Waals surface area contributed by atoms with E-state index in [4.69, 9.17) is 10.2 Å². The largest absolute Gasteiger partial charge is 0.459 e. The molecule has 0 atom stereocenters. The molecule has 0 aromatic carbocycles. The highest BCUT2D eigenvalue weighted by molar-refractivity contribution is 5.91. The summed E-state index contributed by atoms with van der Waals surface area (Å²) in [6, 6.07) is 3.36. The van der Waals surface area contributed by atoms with Crippen molar-refractivity contribution in [3.63, 3.8) is 0 Å². The van der Waals surface area contributed by atoms with Crippen molar-refractivity contribution in [2.45, 2.75) is 32.7 Å². The number of nitrogens with zero attached hydrogens (tertiary/aromatic N) is 1. The Kier molecular flexibility index (Phi) is 4.75. The lowest BCUT2D eigenvalue weighted by Crippen LogP contribution is -2.37. The number of primary amides is 1. The third-order valence-corrected chi connectivity index (χ3v) is 2.44. The first-order chi connectivity index (χ1) is 8.02. The Morgan fingerprint density at radius 1 is 1.47 bits per heavy atom. The summed E-state index contributed by atoms with van der Waals surface area (Å²) in [5.41, 5.74) is 5.06. The van der Waals surface area contributed by atoms with Gasteiger partial charge in [-0.05, 0) is 32.4 Å². The summed E-state index contributed by atoms with van der Waals surface area (Å²) >= 11 is 0. The van der Waals surface area contributed by atoms with Crippen LogP contribution in [-0.2, 0) is 4.79 Å². The zero-order valence-corrected chi connectivity index (χ0v) is 10.2. The number of amides is 2. The fourth-order valence-electron chi connectivity index (χ4n) is 1.56. The molecule has 0 saturated carbocycles. The van der Waals surface area contributed by atoms with E-state index in [0.29, 0.717) is 18.7 Å². The average Bonchev–Trinajstić information content (AvgIpc) is 2.75. The molecule has 0 saturated heterocycles. The van der Waals surface area contributed by atoms with Crippen molar-refractivity contribution < 1.29 is 14.0 Å². The lowest BCUT2D eigenvalue weighted by molar-refractivity contribution is -0.118. The number of carbonyl (C=O) groups is 2. The van der Waals surface area contributed by atoms with Gasteiger partial charge in [0.25, 0.3) is 5.91 Å². The van der Waals surface area contributed by atoms with Crippen LogP contribution in [0.2, 0.25) is 0 Å². The molecule has 0 spiro atoms. The van der Waals surface area contributed by atoms with Gasteiger partial charge in [-0.3, -0.25) is 9.59 Å². The summed E-state index contributed by atoms with van der Waals surface area (Å²) < 4.78 is 5.07. The minimum Gasteiger partial charge on any atom is -0.459 e. The molecule has 0 radical (unpaired) electrons. The van der Waals surface area contributed by atoms with E-state index in [1.165, 1.54) is 6.26 Å².